The summed E-state index contributed by atoms with van der Waals surface area (Å²) in [5, 5.41) is 9.59. The van der Waals surface area contributed by atoms with Gasteiger partial charge < -0.3 is 5.11 Å². The van der Waals surface area contributed by atoms with Crippen LogP contribution in [0.3, 0.4) is 0 Å². The summed E-state index contributed by atoms with van der Waals surface area (Å²) in [6.45, 7) is 0. The molecule has 1 aromatic heterocycles. The molecule has 1 rings (SSSR count). The van der Waals surface area contributed by atoms with Gasteiger partial charge in [-0.05, 0) is 45.2 Å². The second-order valence-electron chi connectivity index (χ2n) is 1.56. The van der Waals surface area contributed by atoms with Gasteiger partial charge in [0.15, 0.2) is 0 Å². The molecular weight excluding hydrogens is 379 g/mol. The highest BCUT2D eigenvalue weighted by Gasteiger charge is 2.06. The van der Waals surface area contributed by atoms with Crippen molar-refractivity contribution >= 4 is 56.8 Å². The van der Waals surface area contributed by atoms with Crippen molar-refractivity contribution in [2.75, 3.05) is 0 Å². The molecule has 1 aromatic rings. The van der Waals surface area contributed by atoms with Gasteiger partial charge in [-0.15, -0.1) is 0 Å². The molecule has 54 valence electrons. The van der Waals surface area contributed by atoms with Crippen LogP contribution in [0.25, 0.3) is 0 Å². The minimum absolute atomic E-state index is 0.209. The third-order valence-corrected chi connectivity index (χ3v) is 3.32. The lowest BCUT2D eigenvalue weighted by Crippen LogP contribution is -1.84. The van der Waals surface area contributed by atoms with Crippen molar-refractivity contribution in [3.05, 3.63) is 18.5 Å². The summed E-state index contributed by atoms with van der Waals surface area (Å²) in [5.41, 5.74) is 0. The summed E-state index contributed by atoms with van der Waals surface area (Å²) in [5.74, 6) is 0.209. The summed E-state index contributed by atoms with van der Waals surface area (Å²) in [6.07, 6.45) is 1.53. The summed E-state index contributed by atoms with van der Waals surface area (Å²) in [7, 11) is 0. The normalized spacial score (nSPS) is 9.90. The fraction of sp³-hybridized carbons (Fsp3) is 0. The van der Waals surface area contributed by atoms with E-state index in [4.69, 9.17) is 11.6 Å². The summed E-state index contributed by atoms with van der Waals surface area (Å²) in [4.78, 5) is 3.83. The standard InChI is InChI=1S/C5H2ClI2NO/c6-5-3(8)4(10)2(7)1-9-5/h1H,(H,9,10). The molecule has 0 saturated carbocycles. The van der Waals surface area contributed by atoms with Crippen molar-refractivity contribution in [3.63, 3.8) is 0 Å². The highest BCUT2D eigenvalue weighted by molar-refractivity contribution is 14.1. The second-order valence-corrected chi connectivity index (χ2v) is 4.16. The number of aromatic nitrogens is 1. The number of pyridine rings is 1. The van der Waals surface area contributed by atoms with Gasteiger partial charge in [0.1, 0.15) is 10.9 Å². The summed E-state index contributed by atoms with van der Waals surface area (Å²) < 4.78 is 1.32. The van der Waals surface area contributed by atoms with Crippen LogP contribution in [0.15, 0.2) is 6.20 Å². The molecule has 10 heavy (non-hydrogen) atoms. The smallest absolute Gasteiger partial charge is 0.146 e. The number of nitrogens with zero attached hydrogens (tertiary/aromatic N) is 1. The number of hydrogen-bond donors (Lipinski definition) is 1. The molecule has 0 bridgehead atoms. The molecule has 0 radical (unpaired) electrons. The first-order valence-electron chi connectivity index (χ1n) is 2.31. The summed E-state index contributed by atoms with van der Waals surface area (Å²) >= 11 is 9.54. The van der Waals surface area contributed by atoms with Crippen LogP contribution in [0.1, 0.15) is 0 Å². The molecule has 0 saturated heterocycles. The molecule has 1 N–H and O–H groups in total. The third-order valence-electron chi connectivity index (χ3n) is 0.906. The average molecular weight is 381 g/mol. The van der Waals surface area contributed by atoms with E-state index in [1.54, 1.807) is 0 Å². The van der Waals surface area contributed by atoms with Crippen LogP contribution in [-0.4, -0.2) is 10.1 Å². The Kier molecular flexibility index (Phi) is 2.99. The maximum atomic E-state index is 9.25. The molecular formula is C5H2ClI2NO. The van der Waals surface area contributed by atoms with Crippen molar-refractivity contribution in [2.45, 2.75) is 0 Å². The Balaban J connectivity index is 3.34. The van der Waals surface area contributed by atoms with Gasteiger partial charge in [0, 0.05) is 6.20 Å². The van der Waals surface area contributed by atoms with E-state index in [2.05, 4.69) is 4.98 Å². The van der Waals surface area contributed by atoms with Crippen LogP contribution < -0.4 is 0 Å². The molecule has 5 heteroatoms. The van der Waals surface area contributed by atoms with Gasteiger partial charge in [0.05, 0.1) is 7.14 Å². The molecule has 2 nitrogen and oxygen atoms in total. The van der Waals surface area contributed by atoms with Crippen molar-refractivity contribution in [1.82, 2.24) is 4.98 Å². The molecule has 0 spiro atoms. The number of aromatic hydroxyl groups is 1. The molecule has 0 aromatic carbocycles. The van der Waals surface area contributed by atoms with Crippen LogP contribution >= 0.6 is 56.8 Å². The number of halogens is 3. The van der Waals surface area contributed by atoms with Crippen molar-refractivity contribution < 1.29 is 5.11 Å². The van der Waals surface area contributed by atoms with Crippen LogP contribution in [0.2, 0.25) is 5.15 Å². The van der Waals surface area contributed by atoms with Gasteiger partial charge in [-0.1, -0.05) is 11.6 Å². The van der Waals surface area contributed by atoms with E-state index in [0.29, 0.717) is 12.3 Å². The average Bonchev–Trinajstić information content (AvgIpc) is 1.93. The Bertz CT molecular complexity index is 239. The summed E-state index contributed by atoms with van der Waals surface area (Å²) in [6, 6.07) is 0. The van der Waals surface area contributed by atoms with Crippen LogP contribution in [-0.2, 0) is 0 Å². The molecule has 0 aliphatic heterocycles. The Labute approximate surface area is 90.3 Å². The lowest BCUT2D eigenvalue weighted by atomic mass is 10.5. The van der Waals surface area contributed by atoms with E-state index in [1.165, 1.54) is 6.20 Å². The quantitative estimate of drug-likeness (QED) is 0.554. The Morgan fingerprint density at radius 1 is 1.50 bits per heavy atom. The lowest BCUT2D eigenvalue weighted by molar-refractivity contribution is 0.466. The zero-order valence-electron chi connectivity index (χ0n) is 4.61. The van der Waals surface area contributed by atoms with Gasteiger partial charge in [-0.2, -0.15) is 0 Å². The van der Waals surface area contributed by atoms with E-state index in [9.17, 15) is 5.11 Å². The van der Waals surface area contributed by atoms with E-state index in [1.807, 2.05) is 45.2 Å². The van der Waals surface area contributed by atoms with Crippen molar-refractivity contribution in [3.8, 4) is 5.75 Å². The molecule has 0 atom stereocenters. The minimum atomic E-state index is 0.209. The SMILES string of the molecule is Oc1c(I)cnc(Cl)c1I. The van der Waals surface area contributed by atoms with Gasteiger partial charge in [-0.3, -0.25) is 0 Å². The van der Waals surface area contributed by atoms with E-state index in [-0.39, 0.29) is 5.75 Å². The fourth-order valence-corrected chi connectivity index (χ4v) is 1.93. The zero-order chi connectivity index (χ0) is 7.72. The lowest BCUT2D eigenvalue weighted by Gasteiger charge is -1.99. The highest BCUT2D eigenvalue weighted by atomic mass is 127. The van der Waals surface area contributed by atoms with Crippen LogP contribution in [0.5, 0.6) is 5.75 Å². The molecule has 1 heterocycles. The number of rotatable bonds is 0. The topological polar surface area (TPSA) is 33.1 Å². The molecule has 0 amide bonds. The first-order valence-corrected chi connectivity index (χ1v) is 4.85. The highest BCUT2D eigenvalue weighted by Crippen LogP contribution is 2.29. The molecule has 0 unspecified atom stereocenters. The largest absolute Gasteiger partial charge is 0.506 e. The van der Waals surface area contributed by atoms with Gasteiger partial charge in [0.2, 0.25) is 0 Å². The predicted octanol–water partition coefficient (Wildman–Crippen LogP) is 2.65. The third kappa shape index (κ3) is 1.65. The van der Waals surface area contributed by atoms with E-state index >= 15 is 0 Å². The first kappa shape index (κ1) is 8.79. The molecule has 0 aliphatic rings. The first-order chi connectivity index (χ1) is 4.63. The number of hydrogen-bond acceptors (Lipinski definition) is 2. The maximum absolute atomic E-state index is 9.25. The van der Waals surface area contributed by atoms with Gasteiger partial charge in [0.25, 0.3) is 0 Å². The Morgan fingerprint density at radius 3 is 2.60 bits per heavy atom. The van der Waals surface area contributed by atoms with E-state index < -0.39 is 0 Å². The van der Waals surface area contributed by atoms with E-state index in [0.717, 1.165) is 0 Å². The van der Waals surface area contributed by atoms with Crippen LogP contribution in [0.4, 0.5) is 0 Å². The van der Waals surface area contributed by atoms with Crippen LogP contribution in [0, 0.1) is 7.14 Å². The Morgan fingerprint density at radius 2 is 2.10 bits per heavy atom. The fourth-order valence-electron chi connectivity index (χ4n) is 0.434. The van der Waals surface area contributed by atoms with Crippen molar-refractivity contribution in [1.29, 1.82) is 0 Å². The monoisotopic (exact) mass is 381 g/mol. The zero-order valence-corrected chi connectivity index (χ0v) is 9.68. The maximum Gasteiger partial charge on any atom is 0.146 e. The van der Waals surface area contributed by atoms with Gasteiger partial charge >= 0.3 is 0 Å². The van der Waals surface area contributed by atoms with Crippen molar-refractivity contribution in [2.24, 2.45) is 0 Å². The second kappa shape index (κ2) is 3.40. The molecule has 0 fully saturated rings. The minimum Gasteiger partial charge on any atom is -0.506 e. The van der Waals surface area contributed by atoms with Gasteiger partial charge in [-0.25, -0.2) is 4.98 Å². The Hall–Kier alpha value is 0.700. The predicted molar refractivity (Wildman–Crippen MR) is 56.3 cm³/mol. The molecule has 0 aliphatic carbocycles.